The number of hydrogen-bond donors (Lipinski definition) is 1. The highest BCUT2D eigenvalue weighted by atomic mass is 35.5. The third-order valence-corrected chi connectivity index (χ3v) is 4.79. The van der Waals surface area contributed by atoms with E-state index in [1.807, 2.05) is 73.7 Å². The van der Waals surface area contributed by atoms with Crippen molar-refractivity contribution in [3.05, 3.63) is 99.6 Å². The van der Waals surface area contributed by atoms with E-state index in [9.17, 15) is 4.79 Å². The Labute approximate surface area is 176 Å². The molecule has 1 N–H and O–H groups in total. The van der Waals surface area contributed by atoms with Crippen LogP contribution >= 0.6 is 11.6 Å². The van der Waals surface area contributed by atoms with Crippen LogP contribution in [0, 0.1) is 13.8 Å². The maximum atomic E-state index is 12.0. The zero-order valence-corrected chi connectivity index (χ0v) is 17.2. The van der Waals surface area contributed by atoms with Crippen molar-refractivity contribution in [3.8, 4) is 5.75 Å². The first-order valence-electron chi connectivity index (χ1n) is 9.35. The molecule has 0 atom stereocenters. The van der Waals surface area contributed by atoms with Crippen molar-refractivity contribution in [1.29, 1.82) is 0 Å². The van der Waals surface area contributed by atoms with Gasteiger partial charge in [-0.3, -0.25) is 4.79 Å². The molecule has 0 fully saturated rings. The van der Waals surface area contributed by atoms with E-state index in [0.29, 0.717) is 18.1 Å². The second-order valence-corrected chi connectivity index (χ2v) is 7.31. The van der Waals surface area contributed by atoms with Gasteiger partial charge in [-0.1, -0.05) is 41.9 Å². The van der Waals surface area contributed by atoms with E-state index in [1.165, 1.54) is 11.1 Å². The molecule has 0 bridgehead atoms. The Balaban J connectivity index is 1.47. The highest BCUT2D eigenvalue weighted by Crippen LogP contribution is 2.15. The Hall–Kier alpha value is -3.11. The summed E-state index contributed by atoms with van der Waals surface area (Å²) in [5.41, 5.74) is 7.85. The van der Waals surface area contributed by atoms with E-state index in [4.69, 9.17) is 16.3 Å². The molecule has 0 saturated carbocycles. The summed E-state index contributed by atoms with van der Waals surface area (Å²) in [6, 6.07) is 21.1. The zero-order chi connectivity index (χ0) is 20.6. The summed E-state index contributed by atoms with van der Waals surface area (Å²) in [6.07, 6.45) is 1.91. The van der Waals surface area contributed by atoms with Gasteiger partial charge in [0.2, 0.25) is 5.91 Å². The van der Waals surface area contributed by atoms with Crippen LogP contribution in [0.25, 0.3) is 0 Å². The lowest BCUT2D eigenvalue weighted by atomic mass is 10.0. The van der Waals surface area contributed by atoms with E-state index in [-0.39, 0.29) is 5.91 Å². The molecule has 0 unspecified atom stereocenters. The van der Waals surface area contributed by atoms with Crippen LogP contribution in [0.15, 0.2) is 71.8 Å². The van der Waals surface area contributed by atoms with Gasteiger partial charge in [-0.2, -0.15) is 5.10 Å². The summed E-state index contributed by atoms with van der Waals surface area (Å²) < 4.78 is 5.76. The first-order chi connectivity index (χ1) is 14.0. The number of carbonyl (C=O) groups is 1. The molecule has 29 heavy (non-hydrogen) atoms. The van der Waals surface area contributed by atoms with Gasteiger partial charge in [0, 0.05) is 5.02 Å². The number of nitrogens with zero attached hydrogens (tertiary/aromatic N) is 1. The van der Waals surface area contributed by atoms with E-state index in [1.54, 1.807) is 6.21 Å². The SMILES string of the molecule is Cc1ccc(CC(=O)N/N=C\c2ccc(OCc3ccc(Cl)cc3)cc2)cc1C. The number of ether oxygens (including phenoxy) is 1. The van der Waals surface area contributed by atoms with Gasteiger partial charge in [0.1, 0.15) is 12.4 Å². The number of rotatable bonds is 7. The number of hydrogen-bond acceptors (Lipinski definition) is 3. The van der Waals surface area contributed by atoms with Crippen LogP contribution in [0.2, 0.25) is 5.02 Å². The molecule has 1 amide bonds. The Bertz CT molecular complexity index is 996. The molecule has 0 heterocycles. The zero-order valence-electron chi connectivity index (χ0n) is 16.5. The Morgan fingerprint density at radius 1 is 0.966 bits per heavy atom. The summed E-state index contributed by atoms with van der Waals surface area (Å²) in [4.78, 5) is 12.0. The van der Waals surface area contributed by atoms with Gasteiger partial charge >= 0.3 is 0 Å². The monoisotopic (exact) mass is 406 g/mol. The molecular formula is C24H23ClN2O2. The van der Waals surface area contributed by atoms with E-state index in [2.05, 4.69) is 17.5 Å². The second-order valence-electron chi connectivity index (χ2n) is 6.87. The molecule has 0 aliphatic rings. The fourth-order valence-corrected chi connectivity index (χ4v) is 2.84. The highest BCUT2D eigenvalue weighted by Gasteiger charge is 2.03. The first kappa shape index (κ1) is 20.6. The first-order valence-corrected chi connectivity index (χ1v) is 9.73. The molecule has 0 aliphatic heterocycles. The van der Waals surface area contributed by atoms with Crippen molar-refractivity contribution in [1.82, 2.24) is 5.43 Å². The van der Waals surface area contributed by atoms with Gasteiger partial charge in [-0.25, -0.2) is 5.43 Å². The van der Waals surface area contributed by atoms with Crippen LogP contribution in [0.1, 0.15) is 27.8 Å². The van der Waals surface area contributed by atoms with Gasteiger partial charge in [-0.15, -0.1) is 0 Å². The van der Waals surface area contributed by atoms with Crippen LogP contribution in [-0.4, -0.2) is 12.1 Å². The quantitative estimate of drug-likeness (QED) is 0.431. The fraction of sp³-hybridized carbons (Fsp3) is 0.167. The van der Waals surface area contributed by atoms with Gasteiger partial charge < -0.3 is 4.74 Å². The molecule has 0 spiro atoms. The minimum atomic E-state index is -0.146. The number of carbonyl (C=O) groups excluding carboxylic acids is 1. The van der Waals surface area contributed by atoms with Crippen LogP contribution in [0.4, 0.5) is 0 Å². The topological polar surface area (TPSA) is 50.7 Å². The normalized spacial score (nSPS) is 10.9. The number of hydrazone groups is 1. The molecular weight excluding hydrogens is 384 g/mol. The number of halogens is 1. The predicted octanol–water partition coefficient (Wildman–Crippen LogP) is 5.23. The maximum absolute atomic E-state index is 12.0. The molecule has 0 radical (unpaired) electrons. The predicted molar refractivity (Wildman–Crippen MR) is 118 cm³/mol. The lowest BCUT2D eigenvalue weighted by Gasteiger charge is -2.06. The van der Waals surface area contributed by atoms with E-state index >= 15 is 0 Å². The van der Waals surface area contributed by atoms with Crippen molar-refractivity contribution in [3.63, 3.8) is 0 Å². The minimum absolute atomic E-state index is 0.146. The van der Waals surface area contributed by atoms with Gasteiger partial charge in [-0.05, 0) is 78.1 Å². The number of aryl methyl sites for hydroxylation is 2. The average Bonchev–Trinajstić information content (AvgIpc) is 2.71. The van der Waals surface area contributed by atoms with Crippen molar-refractivity contribution >= 4 is 23.7 Å². The average molecular weight is 407 g/mol. The molecule has 0 aliphatic carbocycles. The molecule has 3 aromatic rings. The molecule has 148 valence electrons. The molecule has 4 nitrogen and oxygen atoms in total. The summed E-state index contributed by atoms with van der Waals surface area (Å²) in [5.74, 6) is 0.614. The smallest absolute Gasteiger partial charge is 0.244 e. The molecule has 3 rings (SSSR count). The third-order valence-electron chi connectivity index (χ3n) is 4.54. The van der Waals surface area contributed by atoms with E-state index < -0.39 is 0 Å². The number of amides is 1. The second kappa shape index (κ2) is 9.89. The largest absolute Gasteiger partial charge is 0.489 e. The van der Waals surface area contributed by atoms with E-state index in [0.717, 1.165) is 22.4 Å². The number of nitrogens with one attached hydrogen (secondary N) is 1. The van der Waals surface area contributed by atoms with Crippen molar-refractivity contribution in [2.75, 3.05) is 0 Å². The van der Waals surface area contributed by atoms with Gasteiger partial charge in [0.05, 0.1) is 12.6 Å². The summed E-state index contributed by atoms with van der Waals surface area (Å²) in [6.45, 7) is 4.56. The summed E-state index contributed by atoms with van der Waals surface area (Å²) in [7, 11) is 0. The molecule has 0 saturated heterocycles. The Morgan fingerprint density at radius 3 is 2.34 bits per heavy atom. The Kier molecular flexibility index (Phi) is 7.04. The van der Waals surface area contributed by atoms with Gasteiger partial charge in [0.15, 0.2) is 0 Å². The van der Waals surface area contributed by atoms with Crippen LogP contribution < -0.4 is 10.2 Å². The summed E-state index contributed by atoms with van der Waals surface area (Å²) >= 11 is 5.88. The lowest BCUT2D eigenvalue weighted by Crippen LogP contribution is -2.19. The van der Waals surface area contributed by atoms with Gasteiger partial charge in [0.25, 0.3) is 0 Å². The Morgan fingerprint density at radius 2 is 1.66 bits per heavy atom. The highest BCUT2D eigenvalue weighted by molar-refractivity contribution is 6.30. The summed E-state index contributed by atoms with van der Waals surface area (Å²) in [5, 5.41) is 4.74. The van der Waals surface area contributed by atoms with Crippen molar-refractivity contribution < 1.29 is 9.53 Å². The molecule has 0 aromatic heterocycles. The standard InChI is InChI=1S/C24H23ClN2O2/c1-17-3-4-21(13-18(17)2)14-24(28)27-26-15-19-7-11-23(12-8-19)29-16-20-5-9-22(25)10-6-20/h3-13,15H,14,16H2,1-2H3,(H,27,28)/b26-15-. The minimum Gasteiger partial charge on any atom is -0.489 e. The van der Waals surface area contributed by atoms with Crippen LogP contribution in [0.5, 0.6) is 5.75 Å². The maximum Gasteiger partial charge on any atom is 0.244 e. The fourth-order valence-electron chi connectivity index (χ4n) is 2.71. The number of benzene rings is 3. The van der Waals surface area contributed by atoms with Crippen molar-refractivity contribution in [2.45, 2.75) is 26.9 Å². The van der Waals surface area contributed by atoms with Crippen LogP contribution in [-0.2, 0) is 17.8 Å². The molecule has 5 heteroatoms. The van der Waals surface area contributed by atoms with Crippen molar-refractivity contribution in [2.24, 2.45) is 5.10 Å². The molecule has 3 aromatic carbocycles. The third kappa shape index (κ3) is 6.47. The lowest BCUT2D eigenvalue weighted by molar-refractivity contribution is -0.120. The van der Waals surface area contributed by atoms with Crippen LogP contribution in [0.3, 0.4) is 0 Å².